The van der Waals surface area contributed by atoms with Gasteiger partial charge in [-0.25, -0.2) is 13.4 Å². The van der Waals surface area contributed by atoms with E-state index in [-0.39, 0.29) is 16.6 Å². The Bertz CT molecular complexity index is 489. The van der Waals surface area contributed by atoms with Crippen LogP contribution < -0.4 is 10.0 Å². The molecule has 2 heterocycles. The first-order chi connectivity index (χ1) is 7.00. The third kappa shape index (κ3) is 1.87. The van der Waals surface area contributed by atoms with Crippen molar-refractivity contribution in [1.82, 2.24) is 4.98 Å². The molecule has 0 saturated carbocycles. The van der Waals surface area contributed by atoms with Gasteiger partial charge in [-0.15, -0.1) is 0 Å². The molecule has 1 aliphatic rings. The molecule has 0 aliphatic carbocycles. The fraction of sp³-hybridized carbons (Fsp3) is 0.375. The molecule has 0 bridgehead atoms. The number of rotatable bonds is 1. The van der Waals surface area contributed by atoms with Gasteiger partial charge in [0.05, 0.1) is 22.7 Å². The minimum atomic E-state index is -3.23. The molecule has 1 aromatic heterocycles. The Hall–Kier alpha value is -1.01. The summed E-state index contributed by atoms with van der Waals surface area (Å²) in [5.74, 6) is 0.415. The van der Waals surface area contributed by atoms with Crippen LogP contribution >= 0.6 is 11.6 Å². The van der Waals surface area contributed by atoms with Crippen molar-refractivity contribution in [2.24, 2.45) is 0 Å². The molecule has 0 atom stereocenters. The molecule has 1 saturated heterocycles. The second-order valence-corrected chi connectivity index (χ2v) is 5.74. The number of pyridine rings is 1. The maximum absolute atomic E-state index is 11.6. The van der Waals surface area contributed by atoms with Crippen molar-refractivity contribution < 1.29 is 8.42 Å². The number of nitrogens with zero attached hydrogens (tertiary/aromatic N) is 2. The first-order valence-electron chi connectivity index (χ1n) is 4.42. The lowest BCUT2D eigenvalue weighted by Gasteiger charge is -2.16. The Kier molecular flexibility index (Phi) is 2.47. The highest BCUT2D eigenvalue weighted by Crippen LogP contribution is 2.29. The molecule has 0 amide bonds. The normalized spacial score (nSPS) is 19.4. The average Bonchev–Trinajstić information content (AvgIpc) is 2.46. The van der Waals surface area contributed by atoms with E-state index < -0.39 is 10.0 Å². The Morgan fingerprint density at radius 2 is 2.27 bits per heavy atom. The number of halogens is 1. The molecule has 1 aromatic rings. The molecular weight excluding hydrogens is 238 g/mol. The Balaban J connectivity index is 2.46. The van der Waals surface area contributed by atoms with E-state index in [0.717, 1.165) is 0 Å². The summed E-state index contributed by atoms with van der Waals surface area (Å²) in [6.07, 6.45) is 2.00. The summed E-state index contributed by atoms with van der Waals surface area (Å²) >= 11 is 5.89. The largest absolute Gasteiger partial charge is 0.397 e. The van der Waals surface area contributed by atoms with E-state index in [0.29, 0.717) is 18.7 Å². The van der Waals surface area contributed by atoms with Gasteiger partial charge in [0, 0.05) is 6.54 Å². The number of sulfonamides is 1. The highest BCUT2D eigenvalue weighted by Gasteiger charge is 2.30. The van der Waals surface area contributed by atoms with Crippen LogP contribution in [0, 0.1) is 0 Å². The third-order valence-corrected chi connectivity index (χ3v) is 4.29. The molecule has 1 aliphatic heterocycles. The maximum atomic E-state index is 11.6. The number of hydrogen-bond donors (Lipinski definition) is 1. The predicted octanol–water partition coefficient (Wildman–Crippen LogP) is 0.857. The lowest BCUT2D eigenvalue weighted by molar-refractivity contribution is 0.599. The molecule has 5 nitrogen and oxygen atoms in total. The highest BCUT2D eigenvalue weighted by molar-refractivity contribution is 7.93. The molecule has 82 valence electrons. The number of aromatic nitrogens is 1. The number of hydrogen-bond acceptors (Lipinski definition) is 4. The van der Waals surface area contributed by atoms with Crippen molar-refractivity contribution in [3.63, 3.8) is 0 Å². The van der Waals surface area contributed by atoms with Crippen molar-refractivity contribution in [1.29, 1.82) is 0 Å². The van der Waals surface area contributed by atoms with Crippen LogP contribution in [0.15, 0.2) is 12.3 Å². The molecule has 7 heteroatoms. The summed E-state index contributed by atoms with van der Waals surface area (Å²) in [6.45, 7) is 0.430. The second kappa shape index (κ2) is 3.53. The zero-order valence-electron chi connectivity index (χ0n) is 7.85. The van der Waals surface area contributed by atoms with Crippen molar-refractivity contribution in [2.45, 2.75) is 6.42 Å². The van der Waals surface area contributed by atoms with Crippen LogP contribution in [0.1, 0.15) is 6.42 Å². The first-order valence-corrected chi connectivity index (χ1v) is 6.41. The SMILES string of the molecule is Nc1cnc(N2CCCS2(=O)=O)c(Cl)c1. The quantitative estimate of drug-likeness (QED) is 0.799. The topological polar surface area (TPSA) is 76.3 Å². The van der Waals surface area contributed by atoms with Crippen molar-refractivity contribution >= 4 is 33.1 Å². The fourth-order valence-electron chi connectivity index (χ4n) is 1.51. The summed E-state index contributed by atoms with van der Waals surface area (Å²) in [5, 5.41) is 0.264. The van der Waals surface area contributed by atoms with Gasteiger partial charge in [-0.3, -0.25) is 4.31 Å². The van der Waals surface area contributed by atoms with Crippen LogP contribution in [-0.4, -0.2) is 25.7 Å². The van der Waals surface area contributed by atoms with Crippen LogP contribution in [0.25, 0.3) is 0 Å². The number of nitrogen functional groups attached to an aromatic ring is 1. The molecular formula is C8H10ClN3O2S. The molecule has 0 unspecified atom stereocenters. The van der Waals surface area contributed by atoms with Gasteiger partial charge < -0.3 is 5.73 Å². The molecule has 2 rings (SSSR count). The minimum Gasteiger partial charge on any atom is -0.397 e. The third-order valence-electron chi connectivity index (χ3n) is 2.18. The van der Waals surface area contributed by atoms with E-state index in [1.54, 1.807) is 0 Å². The van der Waals surface area contributed by atoms with E-state index in [1.807, 2.05) is 0 Å². The molecule has 0 aromatic carbocycles. The van der Waals surface area contributed by atoms with Crippen LogP contribution in [0.4, 0.5) is 11.5 Å². The van der Waals surface area contributed by atoms with E-state index in [9.17, 15) is 8.42 Å². The minimum absolute atomic E-state index is 0.148. The smallest absolute Gasteiger partial charge is 0.236 e. The fourth-order valence-corrected chi connectivity index (χ4v) is 3.36. The average molecular weight is 248 g/mol. The van der Waals surface area contributed by atoms with Gasteiger partial charge in [0.25, 0.3) is 0 Å². The summed E-state index contributed by atoms with van der Waals surface area (Å²) in [5.41, 5.74) is 5.90. The summed E-state index contributed by atoms with van der Waals surface area (Å²) in [7, 11) is -3.23. The standard InChI is InChI=1S/C8H10ClN3O2S/c9-7-4-6(10)5-11-8(7)12-2-1-3-15(12,13)14/h4-5H,1-3,10H2. The van der Waals surface area contributed by atoms with Gasteiger partial charge in [-0.05, 0) is 12.5 Å². The van der Waals surface area contributed by atoms with Crippen molar-refractivity contribution in [3.8, 4) is 0 Å². The summed E-state index contributed by atoms with van der Waals surface area (Å²) < 4.78 is 24.4. The lowest BCUT2D eigenvalue weighted by Crippen LogP contribution is -2.26. The Morgan fingerprint density at radius 1 is 1.53 bits per heavy atom. The second-order valence-electron chi connectivity index (χ2n) is 3.32. The number of nitrogens with two attached hydrogens (primary N) is 1. The monoisotopic (exact) mass is 247 g/mol. The highest BCUT2D eigenvalue weighted by atomic mass is 35.5. The van der Waals surface area contributed by atoms with E-state index in [4.69, 9.17) is 17.3 Å². The zero-order chi connectivity index (χ0) is 11.1. The first kappa shape index (κ1) is 10.5. The predicted molar refractivity (Wildman–Crippen MR) is 59.4 cm³/mol. The van der Waals surface area contributed by atoms with Gasteiger partial charge in [0.1, 0.15) is 0 Å². The molecule has 0 spiro atoms. The van der Waals surface area contributed by atoms with Gasteiger partial charge in [0.2, 0.25) is 10.0 Å². The van der Waals surface area contributed by atoms with Crippen LogP contribution in [0.5, 0.6) is 0 Å². The van der Waals surface area contributed by atoms with Gasteiger partial charge in [-0.2, -0.15) is 0 Å². The zero-order valence-corrected chi connectivity index (χ0v) is 9.42. The maximum Gasteiger partial charge on any atom is 0.236 e. The lowest BCUT2D eigenvalue weighted by atomic mass is 10.4. The molecule has 15 heavy (non-hydrogen) atoms. The van der Waals surface area contributed by atoms with Gasteiger partial charge in [0.15, 0.2) is 5.82 Å². The van der Waals surface area contributed by atoms with E-state index in [1.165, 1.54) is 16.6 Å². The summed E-state index contributed by atoms with van der Waals surface area (Å²) in [6, 6.07) is 1.50. The van der Waals surface area contributed by atoms with Crippen LogP contribution in [0.2, 0.25) is 5.02 Å². The number of anilines is 2. The van der Waals surface area contributed by atoms with Crippen LogP contribution in [0.3, 0.4) is 0 Å². The van der Waals surface area contributed by atoms with Gasteiger partial charge in [-0.1, -0.05) is 11.6 Å². The van der Waals surface area contributed by atoms with Gasteiger partial charge >= 0.3 is 0 Å². The van der Waals surface area contributed by atoms with Crippen molar-refractivity contribution in [3.05, 3.63) is 17.3 Å². The Morgan fingerprint density at radius 3 is 2.80 bits per heavy atom. The summed E-state index contributed by atoms with van der Waals surface area (Å²) in [4.78, 5) is 3.95. The van der Waals surface area contributed by atoms with Crippen LogP contribution in [-0.2, 0) is 10.0 Å². The van der Waals surface area contributed by atoms with E-state index in [2.05, 4.69) is 4.98 Å². The van der Waals surface area contributed by atoms with Crippen molar-refractivity contribution in [2.75, 3.05) is 22.3 Å². The molecule has 2 N–H and O–H groups in total. The molecule has 0 radical (unpaired) electrons. The van der Waals surface area contributed by atoms with E-state index >= 15 is 0 Å². The molecule has 1 fully saturated rings. The Labute approximate surface area is 92.9 Å².